The molecule has 3 aromatic rings. The zero-order valence-electron chi connectivity index (χ0n) is 24.4. The van der Waals surface area contributed by atoms with Gasteiger partial charge in [0.05, 0.1) is 11.1 Å². The lowest BCUT2D eigenvalue weighted by molar-refractivity contribution is -0.161. The van der Waals surface area contributed by atoms with E-state index in [9.17, 15) is 14.1 Å². The minimum atomic E-state index is -1.97. The smallest absolute Gasteiger partial charge is 0.338 e. The van der Waals surface area contributed by atoms with Gasteiger partial charge in [0.15, 0.2) is 0 Å². The van der Waals surface area contributed by atoms with E-state index in [1.165, 1.54) is 18.3 Å². The van der Waals surface area contributed by atoms with Crippen LogP contribution >= 0.6 is 0 Å². The van der Waals surface area contributed by atoms with Crippen LogP contribution in [-0.4, -0.2) is 25.9 Å². The maximum Gasteiger partial charge on any atom is 0.338 e. The number of hydrogen-bond acceptors (Lipinski definition) is 7. The Bertz CT molecular complexity index is 1490. The quantitative estimate of drug-likeness (QED) is 0.230. The summed E-state index contributed by atoms with van der Waals surface area (Å²) in [6, 6.07) is 22.2. The number of aromatic nitrogens is 1. The highest BCUT2D eigenvalue weighted by Gasteiger charge is 2.46. The second kappa shape index (κ2) is 13.2. The van der Waals surface area contributed by atoms with Crippen LogP contribution in [0.3, 0.4) is 0 Å². The molecule has 8 nitrogen and oxygen atoms in total. The van der Waals surface area contributed by atoms with E-state index in [1.807, 2.05) is 51.1 Å². The SMILES string of the molecule is CCC[C@]1(CCc2ccccc2)CC(O)=C([C@H](c2cccc(NS(=O)Oc3ccc(C#N)cn3)c2)C(C)(C)C)C(=O)O1. The lowest BCUT2D eigenvalue weighted by Gasteiger charge is -2.41. The minimum Gasteiger partial charge on any atom is -0.512 e. The number of aliphatic hydroxyl groups is 1. The second-order valence-corrected chi connectivity index (χ2v) is 12.5. The summed E-state index contributed by atoms with van der Waals surface area (Å²) in [6.45, 7) is 8.07. The molecule has 0 amide bonds. The molecule has 0 saturated carbocycles. The van der Waals surface area contributed by atoms with Crippen molar-refractivity contribution >= 4 is 22.9 Å². The molecular formula is C33H37N3O5S. The molecule has 0 bridgehead atoms. The van der Waals surface area contributed by atoms with Crippen LogP contribution < -0.4 is 8.91 Å². The third kappa shape index (κ3) is 7.56. The molecule has 3 atom stereocenters. The third-order valence-corrected chi connectivity index (χ3v) is 8.07. The van der Waals surface area contributed by atoms with Gasteiger partial charge in [0.2, 0.25) is 5.88 Å². The van der Waals surface area contributed by atoms with E-state index in [0.29, 0.717) is 24.1 Å². The van der Waals surface area contributed by atoms with Gasteiger partial charge in [0.25, 0.3) is 0 Å². The maximum atomic E-state index is 13.7. The number of hydrogen-bond donors (Lipinski definition) is 2. The van der Waals surface area contributed by atoms with Crippen molar-refractivity contribution in [2.45, 2.75) is 71.3 Å². The maximum absolute atomic E-state index is 13.7. The van der Waals surface area contributed by atoms with Crippen molar-refractivity contribution in [3.8, 4) is 11.9 Å². The van der Waals surface area contributed by atoms with Gasteiger partial charge in [-0.1, -0.05) is 76.6 Å². The molecule has 1 aromatic heterocycles. The summed E-state index contributed by atoms with van der Waals surface area (Å²) in [5, 5.41) is 20.4. The highest BCUT2D eigenvalue weighted by Crippen LogP contribution is 2.47. The Balaban J connectivity index is 1.58. The minimum absolute atomic E-state index is 0.0600. The molecule has 1 unspecified atom stereocenters. The predicted octanol–water partition coefficient (Wildman–Crippen LogP) is 7.08. The number of esters is 1. The number of aryl methyl sites for hydroxylation is 1. The molecular weight excluding hydrogens is 550 g/mol. The first kappa shape index (κ1) is 30.8. The molecule has 42 heavy (non-hydrogen) atoms. The van der Waals surface area contributed by atoms with Crippen LogP contribution in [0.5, 0.6) is 5.88 Å². The molecule has 0 saturated heterocycles. The van der Waals surface area contributed by atoms with Gasteiger partial charge in [-0.05, 0) is 54.0 Å². The molecule has 0 radical (unpaired) electrons. The molecule has 1 aliphatic heterocycles. The normalized spacial score (nSPS) is 18.5. The van der Waals surface area contributed by atoms with Gasteiger partial charge in [-0.2, -0.15) is 9.47 Å². The Morgan fingerprint density at radius 3 is 2.52 bits per heavy atom. The Morgan fingerprint density at radius 2 is 1.90 bits per heavy atom. The summed E-state index contributed by atoms with van der Waals surface area (Å²) in [7, 11) is 0. The van der Waals surface area contributed by atoms with Gasteiger partial charge in [-0.25, -0.2) is 9.78 Å². The summed E-state index contributed by atoms with van der Waals surface area (Å²) in [4.78, 5) is 17.7. The number of benzene rings is 2. The predicted molar refractivity (Wildman–Crippen MR) is 163 cm³/mol. The molecule has 2 heterocycles. The fraction of sp³-hybridized carbons (Fsp3) is 0.364. The fourth-order valence-corrected chi connectivity index (χ4v) is 6.15. The Morgan fingerprint density at radius 1 is 1.14 bits per heavy atom. The number of rotatable bonds is 11. The van der Waals surface area contributed by atoms with E-state index in [2.05, 4.69) is 28.8 Å². The lowest BCUT2D eigenvalue weighted by atomic mass is 9.70. The molecule has 0 spiro atoms. The number of carbonyl (C=O) groups is 1. The summed E-state index contributed by atoms with van der Waals surface area (Å²) >= 11 is -1.97. The van der Waals surface area contributed by atoms with Crippen LogP contribution in [0, 0.1) is 16.7 Å². The average Bonchev–Trinajstić information content (AvgIpc) is 2.94. The Kier molecular flexibility index (Phi) is 9.69. The number of ether oxygens (including phenoxy) is 1. The van der Waals surface area contributed by atoms with E-state index < -0.39 is 34.2 Å². The first-order chi connectivity index (χ1) is 20.0. The number of carbonyl (C=O) groups excluding carboxylic acids is 1. The molecule has 2 aromatic carbocycles. The van der Waals surface area contributed by atoms with Gasteiger partial charge < -0.3 is 14.0 Å². The van der Waals surface area contributed by atoms with Gasteiger partial charge in [0.1, 0.15) is 17.4 Å². The number of anilines is 1. The van der Waals surface area contributed by atoms with Crippen molar-refractivity contribution in [1.82, 2.24) is 4.98 Å². The number of cyclic esters (lactones) is 1. The van der Waals surface area contributed by atoms with Crippen molar-refractivity contribution in [3.63, 3.8) is 0 Å². The zero-order chi connectivity index (χ0) is 30.3. The number of nitrogens with one attached hydrogen (secondary N) is 1. The molecule has 220 valence electrons. The van der Waals surface area contributed by atoms with Crippen LogP contribution in [0.1, 0.15) is 76.0 Å². The molecule has 1 aliphatic rings. The van der Waals surface area contributed by atoms with Crippen molar-refractivity contribution in [2.75, 3.05) is 4.72 Å². The fourth-order valence-electron chi connectivity index (χ4n) is 5.54. The average molecular weight is 588 g/mol. The standard InChI is InChI=1S/C33H37N3O5S/c1-5-17-33(18-16-23-10-7-6-8-11-23)20-27(37)29(31(38)40-33)30(32(2,3)4)25-12-9-13-26(19-25)36-42(39)41-28-15-14-24(21-34)22-35-28/h6-15,19,22,30,36-37H,5,16-18,20H2,1-4H3/t30-,33-,42?/m0/s1. The van der Waals surface area contributed by atoms with Crippen LogP contribution in [0.4, 0.5) is 5.69 Å². The van der Waals surface area contributed by atoms with Crippen LogP contribution in [0.15, 0.2) is 84.3 Å². The number of aliphatic hydroxyl groups excluding tert-OH is 1. The van der Waals surface area contributed by atoms with Crippen molar-refractivity contribution < 1.29 is 23.0 Å². The van der Waals surface area contributed by atoms with Crippen LogP contribution in [-0.2, 0) is 27.2 Å². The molecule has 2 N–H and O–H groups in total. The Labute approximate surface area is 250 Å². The first-order valence-corrected chi connectivity index (χ1v) is 15.1. The number of pyridine rings is 1. The van der Waals surface area contributed by atoms with E-state index in [1.54, 1.807) is 18.2 Å². The lowest BCUT2D eigenvalue weighted by Crippen LogP contribution is -2.43. The van der Waals surface area contributed by atoms with E-state index in [0.717, 1.165) is 24.0 Å². The highest BCUT2D eigenvalue weighted by atomic mass is 32.2. The van der Waals surface area contributed by atoms with Crippen molar-refractivity contribution in [2.24, 2.45) is 5.41 Å². The summed E-state index contributed by atoms with van der Waals surface area (Å²) in [5.74, 6) is -0.830. The summed E-state index contributed by atoms with van der Waals surface area (Å²) < 4.78 is 27.1. The second-order valence-electron chi connectivity index (χ2n) is 11.7. The van der Waals surface area contributed by atoms with Gasteiger partial charge in [0, 0.05) is 30.3 Å². The Hall–Kier alpha value is -4.16. The summed E-state index contributed by atoms with van der Waals surface area (Å²) in [6.07, 6.45) is 4.43. The van der Waals surface area contributed by atoms with Crippen LogP contribution in [0.25, 0.3) is 0 Å². The van der Waals surface area contributed by atoms with Gasteiger partial charge in [-0.3, -0.25) is 4.72 Å². The molecule has 4 rings (SSSR count). The number of nitrogens with zero attached hydrogens (tertiary/aromatic N) is 2. The number of nitriles is 1. The van der Waals surface area contributed by atoms with Crippen molar-refractivity contribution in [3.05, 3.63) is 101 Å². The molecule has 0 aliphatic carbocycles. The van der Waals surface area contributed by atoms with E-state index in [4.69, 9.17) is 14.2 Å². The largest absolute Gasteiger partial charge is 0.512 e. The zero-order valence-corrected chi connectivity index (χ0v) is 25.2. The molecule has 9 heteroatoms. The third-order valence-electron chi connectivity index (χ3n) is 7.35. The van der Waals surface area contributed by atoms with Gasteiger partial charge in [-0.15, -0.1) is 0 Å². The topological polar surface area (TPSA) is 122 Å². The first-order valence-electron chi connectivity index (χ1n) is 14.1. The van der Waals surface area contributed by atoms with Crippen LogP contribution in [0.2, 0.25) is 0 Å². The van der Waals surface area contributed by atoms with E-state index >= 15 is 0 Å². The summed E-state index contributed by atoms with van der Waals surface area (Å²) in [5.41, 5.74) is 1.81. The highest BCUT2D eigenvalue weighted by molar-refractivity contribution is 7.81. The monoisotopic (exact) mass is 587 g/mol. The molecule has 0 fully saturated rings. The van der Waals surface area contributed by atoms with Gasteiger partial charge >= 0.3 is 17.2 Å². The van der Waals surface area contributed by atoms with E-state index in [-0.39, 0.29) is 23.6 Å². The van der Waals surface area contributed by atoms with Crippen molar-refractivity contribution in [1.29, 1.82) is 5.26 Å².